The molecule has 0 saturated heterocycles. The van der Waals surface area contributed by atoms with E-state index in [1.165, 1.54) is 11.8 Å². The van der Waals surface area contributed by atoms with Crippen LogP contribution in [-0.4, -0.2) is 188 Å². The molecule has 0 radical (unpaired) electrons. The van der Waals surface area contributed by atoms with E-state index in [1.54, 1.807) is 20.1 Å². The summed E-state index contributed by atoms with van der Waals surface area (Å²) in [5.41, 5.74) is 11.4. The van der Waals surface area contributed by atoms with Gasteiger partial charge in [-0.2, -0.15) is 37.0 Å². The Bertz CT molecular complexity index is 1620. The number of nitrogens with two attached hydrogens (primary N) is 2. The van der Waals surface area contributed by atoms with Gasteiger partial charge in [0, 0.05) is 11.5 Å². The summed E-state index contributed by atoms with van der Waals surface area (Å²) in [4.78, 5) is 129. The van der Waals surface area contributed by atoms with Crippen molar-refractivity contribution in [1.82, 2.24) is 42.5 Å². The summed E-state index contributed by atoms with van der Waals surface area (Å²) in [5.74, 6) is -11.6. The smallest absolute Gasteiger partial charge is 0.327 e. The van der Waals surface area contributed by atoms with Gasteiger partial charge in [0.05, 0.1) is 31.8 Å². The third kappa shape index (κ3) is 23.0. The topological polar surface area (TPSA) is 420 Å². The third-order valence-corrected chi connectivity index (χ3v) is 10.6. The fraction of sp³-hybridized carbons (Fsp3) is 0.730. The molecule has 0 unspecified atom stereocenters. The molecule has 0 spiro atoms. The molecule has 25 nitrogen and oxygen atoms in total. The van der Waals surface area contributed by atoms with Gasteiger partial charge in [0.2, 0.25) is 47.3 Å². The average molecular weight is 987 g/mol. The molecule has 0 saturated carbocycles. The second-order valence-electron chi connectivity index (χ2n) is 15.1. The normalized spacial score (nSPS) is 15.8. The lowest BCUT2D eigenvalue weighted by molar-refractivity contribution is -0.143. The molecule has 0 bridgehead atoms. The first kappa shape index (κ1) is 60.5. The molecule has 0 aromatic rings. The minimum atomic E-state index is -2.01. The van der Waals surface area contributed by atoms with Crippen LogP contribution in [0.25, 0.3) is 0 Å². The maximum Gasteiger partial charge on any atom is 0.327 e. The molecule has 28 heteroatoms. The van der Waals surface area contributed by atoms with Gasteiger partial charge in [-0.1, -0.05) is 13.8 Å². The van der Waals surface area contributed by atoms with E-state index in [2.05, 4.69) is 51.8 Å². The highest BCUT2D eigenvalue weighted by Gasteiger charge is 2.36. The Hall–Kier alpha value is -4.45. The van der Waals surface area contributed by atoms with Gasteiger partial charge in [-0.25, -0.2) is 4.79 Å². The minimum absolute atomic E-state index is 0.00568. The summed E-state index contributed by atoms with van der Waals surface area (Å²) in [5, 5.41) is 67.1. The van der Waals surface area contributed by atoms with Crippen LogP contribution in [0.4, 0.5) is 0 Å². The Balaban J connectivity index is 6.27. The lowest BCUT2D eigenvalue weighted by atomic mass is 10.0. The Morgan fingerprint density at radius 2 is 1.00 bits per heavy atom. The number of thioether (sulfide) groups is 1. The number of unbranched alkanes of at least 4 members (excludes halogenated alkanes) is 1. The van der Waals surface area contributed by atoms with Crippen molar-refractivity contribution in [3.05, 3.63) is 0 Å². The van der Waals surface area contributed by atoms with E-state index in [4.69, 9.17) is 11.5 Å². The van der Waals surface area contributed by atoms with Crippen molar-refractivity contribution >= 4 is 96.2 Å². The van der Waals surface area contributed by atoms with Gasteiger partial charge in [-0.15, -0.1) is 0 Å². The van der Waals surface area contributed by atoms with Gasteiger partial charge in [-0.05, 0) is 63.5 Å². The van der Waals surface area contributed by atoms with E-state index < -0.39 is 139 Å². The summed E-state index contributed by atoms with van der Waals surface area (Å²) >= 11 is 9.23. The fourth-order valence-electron chi connectivity index (χ4n) is 5.57. The van der Waals surface area contributed by atoms with Crippen molar-refractivity contribution in [1.29, 1.82) is 0 Å². The van der Waals surface area contributed by atoms with Crippen LogP contribution in [0, 0.1) is 5.92 Å². The number of carbonyl (C=O) groups is 10. The number of aliphatic carboxylic acids is 2. The highest BCUT2D eigenvalue weighted by molar-refractivity contribution is 7.98. The molecule has 0 aromatic heterocycles. The van der Waals surface area contributed by atoms with Crippen molar-refractivity contribution in [2.75, 3.05) is 43.3 Å². The Morgan fingerprint density at radius 3 is 1.45 bits per heavy atom. The molecule has 372 valence electrons. The molecular formula is C37H66N10O15S3. The largest absolute Gasteiger partial charge is 0.481 e. The Kier molecular flexibility index (Phi) is 30.1. The quantitative estimate of drug-likeness (QED) is 0.0215. The number of nitrogens with one attached hydrogen (secondary N) is 8. The number of hydrogen-bond acceptors (Lipinski definition) is 18. The number of carboxylic acids is 2. The molecule has 0 aliphatic heterocycles. The number of hydrogen-bond donors (Lipinski definition) is 17. The highest BCUT2D eigenvalue weighted by Crippen LogP contribution is 2.10. The van der Waals surface area contributed by atoms with Crippen molar-refractivity contribution in [2.24, 2.45) is 17.4 Å². The summed E-state index contributed by atoms with van der Waals surface area (Å²) in [7, 11) is 0. The molecule has 8 amide bonds. The summed E-state index contributed by atoms with van der Waals surface area (Å²) < 4.78 is 0. The maximum atomic E-state index is 13.8. The van der Waals surface area contributed by atoms with Crippen LogP contribution in [0.2, 0.25) is 0 Å². The fourth-order valence-corrected chi connectivity index (χ4v) is 6.46. The number of carbonyl (C=O) groups excluding carboxylic acids is 8. The standard InChI is InChI=1S/C37H66N10O15S3/c1-17(2)11-22(42-30(54)20(7-5-6-9-38)41-31(55)21(8-10-65-4)40-29(53)19(39)15-63)32(56)45-25(14-49)35(59)47-28(18(3)50)36(60)43-23(12-27(51)52)33(57)44-24(13-48)34(58)46-26(16-64)37(61)62/h17-26,28,48-50,63-64H,5-16,38-39H2,1-4H3,(H,40,53)(H,41,55)(H,42,54)(H,43,60)(H,44,57)(H,45,56)(H,46,58)(H,47,59)(H,51,52)(H,61,62)/t18-,19+,20+,21+,22+,23+,24+,25+,26+,28+/m1/s1. The molecule has 17 N–H and O–H groups in total. The van der Waals surface area contributed by atoms with E-state index in [-0.39, 0.29) is 43.2 Å². The summed E-state index contributed by atoms with van der Waals surface area (Å²) in [6.07, 6.45) is 0.00432. The summed E-state index contributed by atoms with van der Waals surface area (Å²) in [6.45, 7) is 2.57. The van der Waals surface area contributed by atoms with Crippen molar-refractivity contribution in [3.8, 4) is 0 Å². The van der Waals surface area contributed by atoms with Crippen LogP contribution in [0.3, 0.4) is 0 Å². The van der Waals surface area contributed by atoms with Crippen LogP contribution in [0.1, 0.15) is 59.3 Å². The van der Waals surface area contributed by atoms with Gasteiger partial charge in [-0.3, -0.25) is 43.2 Å². The van der Waals surface area contributed by atoms with Crippen LogP contribution in [0.5, 0.6) is 0 Å². The van der Waals surface area contributed by atoms with Gasteiger partial charge in [0.15, 0.2) is 0 Å². The zero-order valence-corrected chi connectivity index (χ0v) is 39.2. The van der Waals surface area contributed by atoms with Gasteiger partial charge in [0.25, 0.3) is 0 Å². The van der Waals surface area contributed by atoms with Crippen LogP contribution in [-0.2, 0) is 47.9 Å². The molecule has 0 heterocycles. The molecule has 0 aliphatic rings. The van der Waals surface area contributed by atoms with Crippen molar-refractivity contribution in [2.45, 2.75) is 120 Å². The highest BCUT2D eigenvalue weighted by atomic mass is 32.2. The van der Waals surface area contributed by atoms with E-state index >= 15 is 0 Å². The first-order valence-electron chi connectivity index (χ1n) is 20.5. The number of aliphatic hydroxyl groups excluding tert-OH is 3. The number of thiol groups is 2. The lowest BCUT2D eigenvalue weighted by Gasteiger charge is -2.28. The molecule has 0 rings (SSSR count). The monoisotopic (exact) mass is 986 g/mol. The number of aliphatic hydroxyl groups is 3. The van der Waals surface area contributed by atoms with Gasteiger partial charge >= 0.3 is 11.9 Å². The Morgan fingerprint density at radius 1 is 0.569 bits per heavy atom. The molecule has 65 heavy (non-hydrogen) atoms. The van der Waals surface area contributed by atoms with E-state index in [0.717, 1.165) is 6.92 Å². The number of rotatable bonds is 33. The second kappa shape index (κ2) is 32.3. The van der Waals surface area contributed by atoms with Crippen molar-refractivity contribution < 1.29 is 73.5 Å². The van der Waals surface area contributed by atoms with Crippen LogP contribution < -0.4 is 54.0 Å². The second-order valence-corrected chi connectivity index (χ2v) is 16.8. The predicted octanol–water partition coefficient (Wildman–Crippen LogP) is -6.10. The molecule has 0 aliphatic carbocycles. The SMILES string of the molecule is CSCC[C@H](NC(=O)[C@@H](N)CS)C(=O)N[C@@H](CCCCN)C(=O)N[C@@H](CC(C)C)C(=O)N[C@@H](CO)C(=O)N[C@H](C(=O)N[C@@H](CC(=O)O)C(=O)N[C@@H](CO)C(=O)N[C@@H](CS)C(=O)O)[C@@H](C)O. The van der Waals surface area contributed by atoms with Crippen LogP contribution in [0.15, 0.2) is 0 Å². The average Bonchev–Trinajstić information content (AvgIpc) is 3.24. The summed E-state index contributed by atoms with van der Waals surface area (Å²) in [6, 6.07) is -13.8. The number of amides is 8. The first-order chi connectivity index (χ1) is 30.5. The Labute approximate surface area is 391 Å². The first-order valence-corrected chi connectivity index (χ1v) is 23.1. The van der Waals surface area contributed by atoms with E-state index in [9.17, 15) is 73.5 Å². The van der Waals surface area contributed by atoms with Crippen LogP contribution >= 0.6 is 37.0 Å². The molecule has 0 aromatic carbocycles. The third-order valence-electron chi connectivity index (χ3n) is 9.20. The number of carboxylic acid groups (broad SMARTS) is 2. The zero-order chi connectivity index (χ0) is 50.0. The molecule has 10 atom stereocenters. The van der Waals surface area contributed by atoms with Gasteiger partial charge < -0.3 is 79.5 Å². The lowest BCUT2D eigenvalue weighted by Crippen LogP contribution is -2.62. The van der Waals surface area contributed by atoms with Gasteiger partial charge in [0.1, 0.15) is 48.3 Å². The molecule has 0 fully saturated rings. The minimum Gasteiger partial charge on any atom is -0.481 e. The van der Waals surface area contributed by atoms with Crippen molar-refractivity contribution in [3.63, 3.8) is 0 Å². The van der Waals surface area contributed by atoms with E-state index in [0.29, 0.717) is 18.6 Å². The maximum absolute atomic E-state index is 13.8. The van der Waals surface area contributed by atoms with E-state index in [1.807, 2.05) is 16.0 Å². The zero-order valence-electron chi connectivity index (χ0n) is 36.6. The predicted molar refractivity (Wildman–Crippen MR) is 242 cm³/mol. The molecular weight excluding hydrogens is 921 g/mol.